The van der Waals surface area contributed by atoms with Crippen molar-refractivity contribution in [3.05, 3.63) is 30.1 Å². The standard InChI is InChI=1S/C10H11NO/c12-7-10(8-3-4-8)9-2-1-5-11-6-9/h1-2,5-8,10H,3-4H2. The van der Waals surface area contributed by atoms with E-state index in [1.54, 1.807) is 12.4 Å². The molecule has 12 heavy (non-hydrogen) atoms. The molecule has 2 rings (SSSR count). The Bertz CT molecular complexity index is 266. The molecular weight excluding hydrogens is 150 g/mol. The summed E-state index contributed by atoms with van der Waals surface area (Å²) in [5.41, 5.74) is 1.06. The first-order valence-corrected chi connectivity index (χ1v) is 4.27. The van der Waals surface area contributed by atoms with Gasteiger partial charge in [-0.05, 0) is 30.4 Å². The molecule has 0 aliphatic heterocycles. The lowest BCUT2D eigenvalue weighted by atomic mass is 9.98. The van der Waals surface area contributed by atoms with Gasteiger partial charge in [0.25, 0.3) is 0 Å². The highest BCUT2D eigenvalue weighted by atomic mass is 16.1. The maximum atomic E-state index is 10.8. The van der Waals surface area contributed by atoms with Gasteiger partial charge < -0.3 is 4.79 Å². The van der Waals surface area contributed by atoms with E-state index >= 15 is 0 Å². The van der Waals surface area contributed by atoms with Gasteiger partial charge in [0.2, 0.25) is 0 Å². The normalized spacial score (nSPS) is 18.7. The van der Waals surface area contributed by atoms with Crippen LogP contribution in [-0.2, 0) is 4.79 Å². The van der Waals surface area contributed by atoms with Gasteiger partial charge in [-0.15, -0.1) is 0 Å². The molecular formula is C10H11NO. The smallest absolute Gasteiger partial charge is 0.127 e. The number of rotatable bonds is 3. The minimum absolute atomic E-state index is 0.0960. The number of carbonyl (C=O) groups excluding carboxylic acids is 1. The Hall–Kier alpha value is -1.18. The number of hydrogen-bond donors (Lipinski definition) is 0. The molecule has 1 saturated carbocycles. The Morgan fingerprint density at radius 3 is 2.92 bits per heavy atom. The average Bonchev–Trinajstić information content (AvgIpc) is 2.92. The van der Waals surface area contributed by atoms with Gasteiger partial charge in [-0.25, -0.2) is 0 Å². The van der Waals surface area contributed by atoms with Crippen molar-refractivity contribution in [3.8, 4) is 0 Å². The number of carbonyl (C=O) groups is 1. The maximum absolute atomic E-state index is 10.8. The molecule has 0 N–H and O–H groups in total. The van der Waals surface area contributed by atoms with Gasteiger partial charge in [-0.2, -0.15) is 0 Å². The topological polar surface area (TPSA) is 30.0 Å². The molecule has 2 heteroatoms. The highest BCUT2D eigenvalue weighted by Gasteiger charge is 2.31. The van der Waals surface area contributed by atoms with Gasteiger partial charge in [-0.3, -0.25) is 4.98 Å². The first-order chi connectivity index (χ1) is 5.92. The number of aldehydes is 1. The van der Waals surface area contributed by atoms with E-state index in [1.807, 2.05) is 12.1 Å². The summed E-state index contributed by atoms with van der Waals surface area (Å²) < 4.78 is 0. The van der Waals surface area contributed by atoms with Crippen molar-refractivity contribution < 1.29 is 4.79 Å². The van der Waals surface area contributed by atoms with E-state index < -0.39 is 0 Å². The summed E-state index contributed by atoms with van der Waals surface area (Å²) in [5.74, 6) is 0.686. The number of nitrogens with zero attached hydrogens (tertiary/aromatic N) is 1. The maximum Gasteiger partial charge on any atom is 0.127 e. The van der Waals surface area contributed by atoms with Crippen LogP contribution in [0.3, 0.4) is 0 Å². The second kappa shape index (κ2) is 3.05. The van der Waals surface area contributed by atoms with E-state index in [0.717, 1.165) is 11.8 Å². The van der Waals surface area contributed by atoms with Crippen LogP contribution in [0, 0.1) is 5.92 Å². The zero-order valence-electron chi connectivity index (χ0n) is 6.81. The van der Waals surface area contributed by atoms with Gasteiger partial charge in [0.15, 0.2) is 0 Å². The lowest BCUT2D eigenvalue weighted by molar-refractivity contribution is -0.109. The van der Waals surface area contributed by atoms with Crippen molar-refractivity contribution in [2.75, 3.05) is 0 Å². The van der Waals surface area contributed by atoms with Crippen molar-refractivity contribution in [3.63, 3.8) is 0 Å². The largest absolute Gasteiger partial charge is 0.303 e. The van der Waals surface area contributed by atoms with Crippen molar-refractivity contribution in [1.82, 2.24) is 4.98 Å². The predicted molar refractivity (Wildman–Crippen MR) is 45.8 cm³/mol. The molecule has 0 radical (unpaired) electrons. The Kier molecular flexibility index (Phi) is 1.90. The van der Waals surface area contributed by atoms with Gasteiger partial charge in [0.1, 0.15) is 6.29 Å². The summed E-state index contributed by atoms with van der Waals surface area (Å²) in [4.78, 5) is 14.8. The molecule has 2 nitrogen and oxygen atoms in total. The Morgan fingerprint density at radius 1 is 1.58 bits per heavy atom. The van der Waals surface area contributed by atoms with Crippen molar-refractivity contribution >= 4 is 6.29 Å². The fourth-order valence-corrected chi connectivity index (χ4v) is 1.49. The minimum atomic E-state index is 0.0960. The summed E-state index contributed by atoms with van der Waals surface area (Å²) in [5, 5.41) is 0. The second-order valence-electron chi connectivity index (χ2n) is 3.29. The van der Waals surface area contributed by atoms with Gasteiger partial charge >= 0.3 is 0 Å². The summed E-state index contributed by atoms with van der Waals surface area (Å²) in [7, 11) is 0. The number of aromatic nitrogens is 1. The first-order valence-electron chi connectivity index (χ1n) is 4.27. The van der Waals surface area contributed by atoms with E-state index in [1.165, 1.54) is 12.8 Å². The van der Waals surface area contributed by atoms with Crippen LogP contribution < -0.4 is 0 Å². The quantitative estimate of drug-likeness (QED) is 0.632. The molecule has 0 saturated heterocycles. The summed E-state index contributed by atoms with van der Waals surface area (Å²) in [6, 6.07) is 3.86. The van der Waals surface area contributed by atoms with Gasteiger partial charge in [0, 0.05) is 18.3 Å². The zero-order chi connectivity index (χ0) is 8.39. The van der Waals surface area contributed by atoms with Crippen LogP contribution in [0.25, 0.3) is 0 Å². The van der Waals surface area contributed by atoms with Crippen LogP contribution in [0.1, 0.15) is 24.3 Å². The van der Waals surface area contributed by atoms with Crippen molar-refractivity contribution in [2.24, 2.45) is 5.92 Å². The molecule has 1 heterocycles. The molecule has 1 aromatic rings. The summed E-state index contributed by atoms with van der Waals surface area (Å²) in [6.45, 7) is 0. The third-order valence-corrected chi connectivity index (χ3v) is 2.35. The monoisotopic (exact) mass is 161 g/mol. The number of pyridine rings is 1. The summed E-state index contributed by atoms with van der Waals surface area (Å²) >= 11 is 0. The van der Waals surface area contributed by atoms with E-state index in [2.05, 4.69) is 4.98 Å². The highest BCUT2D eigenvalue weighted by Crippen LogP contribution is 2.40. The van der Waals surface area contributed by atoms with Crippen molar-refractivity contribution in [2.45, 2.75) is 18.8 Å². The predicted octanol–water partition coefficient (Wildman–Crippen LogP) is 1.77. The lowest BCUT2D eigenvalue weighted by Gasteiger charge is -2.06. The van der Waals surface area contributed by atoms with E-state index in [9.17, 15) is 4.79 Å². The SMILES string of the molecule is O=CC(c1cccnc1)C1CC1. The van der Waals surface area contributed by atoms with E-state index in [0.29, 0.717) is 5.92 Å². The van der Waals surface area contributed by atoms with Gasteiger partial charge in [-0.1, -0.05) is 6.07 Å². The van der Waals surface area contributed by atoms with Crippen molar-refractivity contribution in [1.29, 1.82) is 0 Å². The molecule has 0 amide bonds. The molecule has 1 atom stereocenters. The fraction of sp³-hybridized carbons (Fsp3) is 0.400. The average molecular weight is 161 g/mol. The molecule has 0 aromatic carbocycles. The van der Waals surface area contributed by atoms with Crippen LogP contribution in [-0.4, -0.2) is 11.3 Å². The molecule has 1 fully saturated rings. The minimum Gasteiger partial charge on any atom is -0.303 e. The van der Waals surface area contributed by atoms with Gasteiger partial charge in [0.05, 0.1) is 0 Å². The molecule has 1 aromatic heterocycles. The summed E-state index contributed by atoms with van der Waals surface area (Å²) in [6.07, 6.45) is 6.96. The molecule has 0 bridgehead atoms. The fourth-order valence-electron chi connectivity index (χ4n) is 1.49. The Labute approximate surface area is 71.6 Å². The lowest BCUT2D eigenvalue weighted by Crippen LogP contribution is -2.02. The Morgan fingerprint density at radius 2 is 2.42 bits per heavy atom. The third kappa shape index (κ3) is 1.37. The second-order valence-corrected chi connectivity index (χ2v) is 3.29. The molecule has 1 aliphatic carbocycles. The first kappa shape index (κ1) is 7.47. The van der Waals surface area contributed by atoms with E-state index in [-0.39, 0.29) is 5.92 Å². The Balaban J connectivity index is 2.21. The van der Waals surface area contributed by atoms with Crippen LogP contribution in [0.2, 0.25) is 0 Å². The van der Waals surface area contributed by atoms with Crippen LogP contribution in [0.15, 0.2) is 24.5 Å². The van der Waals surface area contributed by atoms with E-state index in [4.69, 9.17) is 0 Å². The zero-order valence-corrected chi connectivity index (χ0v) is 6.81. The van der Waals surface area contributed by atoms with Crippen LogP contribution >= 0.6 is 0 Å². The highest BCUT2D eigenvalue weighted by molar-refractivity contribution is 5.63. The molecule has 0 spiro atoms. The molecule has 1 unspecified atom stereocenters. The molecule has 62 valence electrons. The third-order valence-electron chi connectivity index (χ3n) is 2.35. The number of hydrogen-bond acceptors (Lipinski definition) is 2. The van der Waals surface area contributed by atoms with Crippen LogP contribution in [0.4, 0.5) is 0 Å². The van der Waals surface area contributed by atoms with Crippen LogP contribution in [0.5, 0.6) is 0 Å². The molecule has 1 aliphatic rings.